The number of benzene rings is 2. The van der Waals surface area contributed by atoms with Crippen molar-refractivity contribution in [2.45, 2.75) is 71.8 Å². The lowest BCUT2D eigenvalue weighted by Gasteiger charge is -2.35. The van der Waals surface area contributed by atoms with Gasteiger partial charge in [-0.15, -0.1) is 0 Å². The number of hydrogen-bond donors (Lipinski definition) is 1. The number of aryl methyl sites for hydroxylation is 2. The Labute approximate surface area is 151 Å². The topological polar surface area (TPSA) is 29.5 Å². The van der Waals surface area contributed by atoms with Crippen molar-refractivity contribution >= 4 is 0 Å². The van der Waals surface area contributed by atoms with Gasteiger partial charge in [-0.25, -0.2) is 0 Å². The zero-order chi connectivity index (χ0) is 18.0. The molecule has 2 heteroatoms. The third kappa shape index (κ3) is 3.68. The molecular weight excluding hydrogens is 308 g/mol. The normalized spacial score (nSPS) is 14.6. The Morgan fingerprint density at radius 2 is 1.76 bits per heavy atom. The summed E-state index contributed by atoms with van der Waals surface area (Å²) in [5.41, 5.74) is 5.04. The Bertz CT molecular complexity index is 759. The number of aromatic hydroxyl groups is 1. The molecule has 2 aromatic carbocycles. The van der Waals surface area contributed by atoms with Crippen molar-refractivity contribution < 1.29 is 9.84 Å². The summed E-state index contributed by atoms with van der Waals surface area (Å²) in [6, 6.07) is 10.4. The number of phenols is 1. The van der Waals surface area contributed by atoms with Crippen molar-refractivity contribution in [3.05, 3.63) is 47.0 Å². The minimum atomic E-state index is -0.387. The largest absolute Gasteiger partial charge is 0.507 e. The molecule has 3 rings (SSSR count). The lowest BCUT2D eigenvalue weighted by Crippen LogP contribution is -2.29. The van der Waals surface area contributed by atoms with E-state index in [4.69, 9.17) is 4.74 Å². The van der Waals surface area contributed by atoms with Crippen LogP contribution in [0.1, 0.15) is 69.6 Å². The monoisotopic (exact) mass is 338 g/mol. The Morgan fingerprint density at radius 3 is 2.52 bits per heavy atom. The number of hydrogen-bond acceptors (Lipinski definition) is 2. The Morgan fingerprint density at radius 1 is 1.00 bits per heavy atom. The van der Waals surface area contributed by atoms with Crippen LogP contribution in [0.15, 0.2) is 30.3 Å². The van der Waals surface area contributed by atoms with Crippen molar-refractivity contribution in [1.29, 1.82) is 0 Å². The molecule has 134 valence electrons. The Balaban J connectivity index is 1.91. The van der Waals surface area contributed by atoms with Crippen LogP contribution < -0.4 is 4.74 Å². The number of phenolic OH excluding ortho intramolecular Hbond substituents is 1. The maximum atomic E-state index is 10.7. The average Bonchev–Trinajstić information content (AvgIpc) is 2.53. The highest BCUT2D eigenvalue weighted by molar-refractivity contribution is 5.82. The second-order valence-corrected chi connectivity index (χ2v) is 7.81. The molecule has 1 aliphatic rings. The van der Waals surface area contributed by atoms with Crippen LogP contribution in [0.25, 0.3) is 11.1 Å². The molecule has 0 amide bonds. The van der Waals surface area contributed by atoms with E-state index in [1.165, 1.54) is 36.8 Å². The number of fused-ring (bicyclic) bond motifs is 3. The fraction of sp³-hybridized carbons (Fsp3) is 0.478. The van der Waals surface area contributed by atoms with E-state index < -0.39 is 0 Å². The first-order valence-corrected chi connectivity index (χ1v) is 9.59. The van der Waals surface area contributed by atoms with Crippen LogP contribution in [0, 0.1) is 6.92 Å². The van der Waals surface area contributed by atoms with Crippen LogP contribution >= 0.6 is 0 Å². The number of unbranched alkanes of at least 4 members (excludes halogenated alkanes) is 4. The summed E-state index contributed by atoms with van der Waals surface area (Å²) in [6.07, 6.45) is 7.28. The average molecular weight is 338 g/mol. The van der Waals surface area contributed by atoms with E-state index >= 15 is 0 Å². The van der Waals surface area contributed by atoms with Crippen LogP contribution in [0.2, 0.25) is 0 Å². The van der Waals surface area contributed by atoms with Gasteiger partial charge in [0.05, 0.1) is 5.56 Å². The third-order valence-corrected chi connectivity index (χ3v) is 5.17. The summed E-state index contributed by atoms with van der Waals surface area (Å²) in [7, 11) is 0. The highest BCUT2D eigenvalue weighted by atomic mass is 16.5. The predicted molar refractivity (Wildman–Crippen MR) is 104 cm³/mol. The fourth-order valence-corrected chi connectivity index (χ4v) is 3.80. The first-order valence-electron chi connectivity index (χ1n) is 9.59. The number of ether oxygens (including phenoxy) is 1. The predicted octanol–water partition coefficient (Wildman–Crippen LogP) is 6.51. The van der Waals surface area contributed by atoms with Crippen LogP contribution in [-0.4, -0.2) is 5.11 Å². The molecule has 0 bridgehead atoms. The molecule has 25 heavy (non-hydrogen) atoms. The second-order valence-electron chi connectivity index (χ2n) is 7.81. The van der Waals surface area contributed by atoms with Crippen LogP contribution in [0.5, 0.6) is 11.5 Å². The quantitative estimate of drug-likeness (QED) is 0.608. The Kier molecular flexibility index (Phi) is 5.08. The first-order chi connectivity index (χ1) is 11.9. The lowest BCUT2D eigenvalue weighted by molar-refractivity contribution is 0.105. The maximum Gasteiger partial charge on any atom is 0.132 e. The smallest absolute Gasteiger partial charge is 0.132 e. The van der Waals surface area contributed by atoms with E-state index in [2.05, 4.69) is 52.0 Å². The van der Waals surface area contributed by atoms with E-state index in [1.54, 1.807) is 0 Å². The fourth-order valence-electron chi connectivity index (χ4n) is 3.80. The summed E-state index contributed by atoms with van der Waals surface area (Å²) in [6.45, 7) is 8.52. The highest BCUT2D eigenvalue weighted by Crippen LogP contribution is 2.49. The minimum Gasteiger partial charge on any atom is -0.507 e. The van der Waals surface area contributed by atoms with Crippen molar-refractivity contribution in [3.63, 3.8) is 0 Å². The van der Waals surface area contributed by atoms with Gasteiger partial charge in [0.2, 0.25) is 0 Å². The molecule has 2 nitrogen and oxygen atoms in total. The summed E-state index contributed by atoms with van der Waals surface area (Å²) < 4.78 is 6.29. The first kappa shape index (κ1) is 17.8. The molecular formula is C23H30O2. The van der Waals surface area contributed by atoms with Gasteiger partial charge in [-0.3, -0.25) is 0 Å². The van der Waals surface area contributed by atoms with E-state index in [9.17, 15) is 5.11 Å². The zero-order valence-corrected chi connectivity index (χ0v) is 16.0. The minimum absolute atomic E-state index is 0.336. The third-order valence-electron chi connectivity index (χ3n) is 5.17. The molecule has 1 heterocycles. The molecule has 0 radical (unpaired) electrons. The van der Waals surface area contributed by atoms with E-state index in [-0.39, 0.29) is 5.60 Å². The molecule has 0 saturated heterocycles. The molecule has 0 spiro atoms. The van der Waals surface area contributed by atoms with E-state index in [0.717, 1.165) is 35.3 Å². The van der Waals surface area contributed by atoms with Crippen LogP contribution in [-0.2, 0) is 12.0 Å². The van der Waals surface area contributed by atoms with Crippen molar-refractivity contribution in [1.82, 2.24) is 0 Å². The summed E-state index contributed by atoms with van der Waals surface area (Å²) in [5.74, 6) is 1.15. The molecule has 0 saturated carbocycles. The van der Waals surface area contributed by atoms with Gasteiger partial charge in [0.25, 0.3) is 0 Å². The molecule has 0 atom stereocenters. The summed E-state index contributed by atoms with van der Waals surface area (Å²) >= 11 is 0. The van der Waals surface area contributed by atoms with Gasteiger partial charge in [0.15, 0.2) is 0 Å². The molecule has 0 aromatic heterocycles. The zero-order valence-electron chi connectivity index (χ0n) is 16.0. The van der Waals surface area contributed by atoms with Crippen molar-refractivity contribution in [2.24, 2.45) is 0 Å². The maximum absolute atomic E-state index is 10.7. The highest BCUT2D eigenvalue weighted by Gasteiger charge is 2.34. The van der Waals surface area contributed by atoms with Gasteiger partial charge in [-0.1, -0.05) is 56.4 Å². The van der Waals surface area contributed by atoms with E-state index in [0.29, 0.717) is 5.75 Å². The molecule has 0 fully saturated rings. The van der Waals surface area contributed by atoms with Gasteiger partial charge in [-0.05, 0) is 56.9 Å². The SMILES string of the molecule is CCCCCCCc1cc(O)c2c(c1)OC(C)(C)c1ccc(C)cc1-2. The van der Waals surface area contributed by atoms with Gasteiger partial charge >= 0.3 is 0 Å². The molecule has 1 N–H and O–H groups in total. The lowest BCUT2D eigenvalue weighted by atomic mass is 9.84. The molecule has 1 aliphatic heterocycles. The molecule has 0 aliphatic carbocycles. The molecule has 0 unspecified atom stereocenters. The van der Waals surface area contributed by atoms with Gasteiger partial charge in [0.1, 0.15) is 17.1 Å². The van der Waals surface area contributed by atoms with Crippen LogP contribution in [0.4, 0.5) is 0 Å². The second kappa shape index (κ2) is 7.11. The standard InChI is InChI=1S/C23H30O2/c1-5-6-7-8-9-10-17-14-20(24)22-18-13-16(2)11-12-19(18)23(3,4)25-21(22)15-17/h11-15,24H,5-10H2,1-4H3. The summed E-state index contributed by atoms with van der Waals surface area (Å²) in [4.78, 5) is 0. The Hall–Kier alpha value is -1.96. The van der Waals surface area contributed by atoms with Crippen LogP contribution in [0.3, 0.4) is 0 Å². The van der Waals surface area contributed by atoms with Crippen molar-refractivity contribution in [2.75, 3.05) is 0 Å². The van der Waals surface area contributed by atoms with E-state index in [1.807, 2.05) is 6.07 Å². The summed E-state index contributed by atoms with van der Waals surface area (Å²) in [5, 5.41) is 10.7. The van der Waals surface area contributed by atoms with Gasteiger partial charge in [0, 0.05) is 5.56 Å². The number of rotatable bonds is 6. The van der Waals surface area contributed by atoms with Gasteiger partial charge < -0.3 is 9.84 Å². The van der Waals surface area contributed by atoms with Gasteiger partial charge in [-0.2, -0.15) is 0 Å². The van der Waals surface area contributed by atoms with Crippen molar-refractivity contribution in [3.8, 4) is 22.6 Å². The molecule has 2 aromatic rings.